The molecule has 0 atom stereocenters. The molecule has 1 aliphatic heterocycles. The summed E-state index contributed by atoms with van der Waals surface area (Å²) in [6, 6.07) is 31.9. The summed E-state index contributed by atoms with van der Waals surface area (Å²) in [5.41, 5.74) is 6.61. The third-order valence-electron chi connectivity index (χ3n) is 10.5. The Hall–Kier alpha value is -7.07. The Morgan fingerprint density at radius 1 is 0.820 bits per heavy atom. The van der Waals surface area contributed by atoms with Crippen LogP contribution in [0.2, 0.25) is 0 Å². The van der Waals surface area contributed by atoms with Crippen molar-refractivity contribution >= 4 is 67.9 Å². The van der Waals surface area contributed by atoms with Crippen LogP contribution in [0.1, 0.15) is 47.9 Å². The molecule has 61 heavy (non-hydrogen) atoms. The summed E-state index contributed by atoms with van der Waals surface area (Å²) < 4.78 is 45.9. The molecule has 0 aromatic heterocycles. The maximum atomic E-state index is 15.1. The molecule has 5 aromatic rings. The molecule has 0 saturated heterocycles. The molecule has 6 rings (SSSR count). The number of aryl methyl sites for hydroxylation is 2. The highest BCUT2D eigenvalue weighted by Crippen LogP contribution is 2.41. The van der Waals surface area contributed by atoms with Crippen molar-refractivity contribution in [2.45, 2.75) is 55.6 Å². The molecule has 1 aliphatic rings. The number of amidine groups is 1. The number of nitrogens with one attached hydrogen (secondary N) is 2. The number of amides is 3. The third kappa shape index (κ3) is 9.71. The molecular formula is C45H45N5O10S. The first-order valence-corrected chi connectivity index (χ1v) is 20.8. The minimum atomic E-state index is -4.82. The van der Waals surface area contributed by atoms with Crippen LogP contribution in [0.3, 0.4) is 0 Å². The summed E-state index contributed by atoms with van der Waals surface area (Å²) in [6.45, 7) is 0.452. The van der Waals surface area contributed by atoms with Gasteiger partial charge in [-0.05, 0) is 65.6 Å². The number of fused-ring (bicyclic) bond motifs is 2. The maximum Gasteiger partial charge on any atom is 0.413 e. The van der Waals surface area contributed by atoms with E-state index in [4.69, 9.17) is 25.4 Å². The van der Waals surface area contributed by atoms with Crippen LogP contribution >= 0.6 is 0 Å². The Bertz CT molecular complexity index is 2560. The highest BCUT2D eigenvalue weighted by molar-refractivity contribution is 7.93. The first kappa shape index (κ1) is 43.5. The van der Waals surface area contributed by atoms with Gasteiger partial charge in [-0.25, -0.2) is 17.5 Å². The molecule has 16 heteroatoms. The van der Waals surface area contributed by atoms with Gasteiger partial charge in [0.15, 0.2) is 5.54 Å². The fourth-order valence-corrected chi connectivity index (χ4v) is 9.35. The number of sulfonamides is 1. The topological polar surface area (TPSA) is 216 Å². The van der Waals surface area contributed by atoms with Crippen LogP contribution in [-0.2, 0) is 62.9 Å². The minimum absolute atomic E-state index is 0.0614. The number of benzene rings is 5. The van der Waals surface area contributed by atoms with Gasteiger partial charge in [0, 0.05) is 29.6 Å². The predicted molar refractivity (Wildman–Crippen MR) is 227 cm³/mol. The second kappa shape index (κ2) is 18.9. The number of carbonyl (C=O) groups excluding carboxylic acids is 5. The Balaban J connectivity index is 1.26. The molecule has 5 aromatic carbocycles. The third-order valence-corrected chi connectivity index (χ3v) is 12.4. The quantitative estimate of drug-likeness (QED) is 0.0517. The van der Waals surface area contributed by atoms with Gasteiger partial charge in [-0.3, -0.25) is 29.9 Å². The highest BCUT2D eigenvalue weighted by Gasteiger charge is 2.53. The second-order valence-corrected chi connectivity index (χ2v) is 16.1. The molecular weight excluding hydrogens is 803 g/mol. The van der Waals surface area contributed by atoms with Gasteiger partial charge in [-0.1, -0.05) is 91.0 Å². The molecule has 0 bridgehead atoms. The Kier molecular flexibility index (Phi) is 13.5. The first-order chi connectivity index (χ1) is 29.3. The van der Waals surface area contributed by atoms with E-state index in [0.717, 1.165) is 29.7 Å². The molecule has 4 N–H and O–H groups in total. The number of anilines is 2. The molecule has 0 saturated carbocycles. The maximum absolute atomic E-state index is 15.1. The minimum Gasteiger partial charge on any atom is -0.469 e. The standard InChI is InChI=1S/C45H45N5O10S/c1-58-40(52)27-45(43(47)54,28-41(53)59-2)50(61(56,57)38-16-8-13-32-12-6-7-15-36(32)38)35-22-23-37-34(26-35)14-9-25-49(37)39(51)24-19-30-17-20-33(21-18-30)42(46)48-44(55)60-29-31-10-4-3-5-11-31/h3-8,10-13,15-18,20-23,26H,9,14,19,24-25,27-29H2,1-2H3,(H2,47,54)(H2,46,48,55). The van der Waals surface area contributed by atoms with Crippen molar-refractivity contribution in [2.75, 3.05) is 30.0 Å². The highest BCUT2D eigenvalue weighted by atomic mass is 32.2. The van der Waals surface area contributed by atoms with E-state index >= 15 is 8.42 Å². The number of nitrogens with zero attached hydrogens (tertiary/aromatic N) is 2. The van der Waals surface area contributed by atoms with E-state index in [-0.39, 0.29) is 35.4 Å². The number of methoxy groups -OCH3 is 2. The molecule has 0 unspecified atom stereocenters. The molecule has 3 amide bonds. The van der Waals surface area contributed by atoms with Crippen molar-refractivity contribution < 1.29 is 46.6 Å². The van der Waals surface area contributed by atoms with Gasteiger partial charge in [0.05, 0.1) is 37.6 Å². The van der Waals surface area contributed by atoms with Crippen LogP contribution < -0.4 is 20.3 Å². The monoisotopic (exact) mass is 847 g/mol. The van der Waals surface area contributed by atoms with Gasteiger partial charge < -0.3 is 24.8 Å². The van der Waals surface area contributed by atoms with Crippen LogP contribution in [-0.4, -0.2) is 70.4 Å². The lowest BCUT2D eigenvalue weighted by atomic mass is 9.89. The zero-order chi connectivity index (χ0) is 43.7. The van der Waals surface area contributed by atoms with Crippen molar-refractivity contribution in [3.05, 3.63) is 138 Å². The summed E-state index contributed by atoms with van der Waals surface area (Å²) in [5, 5.41) is 11.6. The summed E-state index contributed by atoms with van der Waals surface area (Å²) in [4.78, 5) is 67.1. The van der Waals surface area contributed by atoms with E-state index in [1.807, 2.05) is 30.3 Å². The lowest BCUT2D eigenvalue weighted by Crippen LogP contribution is -2.62. The van der Waals surface area contributed by atoms with Gasteiger partial charge in [0.2, 0.25) is 11.8 Å². The number of rotatable bonds is 15. The molecule has 15 nitrogen and oxygen atoms in total. The normalized spacial score (nSPS) is 12.5. The Morgan fingerprint density at radius 2 is 1.48 bits per heavy atom. The predicted octanol–water partition coefficient (Wildman–Crippen LogP) is 5.55. The van der Waals surface area contributed by atoms with Crippen molar-refractivity contribution in [1.82, 2.24) is 5.32 Å². The van der Waals surface area contributed by atoms with Gasteiger partial charge in [-0.15, -0.1) is 0 Å². The summed E-state index contributed by atoms with van der Waals surface area (Å²) in [7, 11) is -2.69. The molecule has 0 aliphatic carbocycles. The molecule has 0 fully saturated rings. The molecule has 0 spiro atoms. The van der Waals surface area contributed by atoms with Gasteiger partial charge in [0.1, 0.15) is 12.4 Å². The largest absolute Gasteiger partial charge is 0.469 e. The molecule has 0 radical (unpaired) electrons. The number of hydrogen-bond acceptors (Lipinski definition) is 11. The second-order valence-electron chi connectivity index (χ2n) is 14.4. The van der Waals surface area contributed by atoms with Crippen LogP contribution in [0, 0.1) is 5.41 Å². The van der Waals surface area contributed by atoms with Crippen LogP contribution in [0.25, 0.3) is 10.8 Å². The van der Waals surface area contributed by atoms with Crippen LogP contribution in [0.4, 0.5) is 16.2 Å². The smallest absolute Gasteiger partial charge is 0.413 e. The molecule has 1 heterocycles. The SMILES string of the molecule is COC(=O)CC(CC(=O)OC)(C(N)=O)N(c1ccc2c(c1)CCCN2C(=O)CCc1ccc(C(=N)NC(=O)OCc2ccccc2)cc1)S(=O)(=O)c1cccc2ccccc12. The van der Waals surface area contributed by atoms with Crippen molar-refractivity contribution in [3.8, 4) is 0 Å². The van der Waals surface area contributed by atoms with E-state index < -0.39 is 52.3 Å². The summed E-state index contributed by atoms with van der Waals surface area (Å²) >= 11 is 0. The zero-order valence-corrected chi connectivity index (χ0v) is 34.4. The first-order valence-electron chi connectivity index (χ1n) is 19.3. The van der Waals surface area contributed by atoms with Crippen molar-refractivity contribution in [3.63, 3.8) is 0 Å². The van der Waals surface area contributed by atoms with Gasteiger partial charge >= 0.3 is 18.0 Å². The van der Waals surface area contributed by atoms with Crippen LogP contribution in [0.5, 0.6) is 0 Å². The number of ether oxygens (including phenoxy) is 3. The average Bonchev–Trinajstić information content (AvgIpc) is 3.27. The number of alkyl carbamates (subject to hydrolysis) is 1. The van der Waals surface area contributed by atoms with Crippen LogP contribution in [0.15, 0.2) is 120 Å². The summed E-state index contributed by atoms with van der Waals surface area (Å²) in [6.07, 6.45) is -1.14. The number of primary amides is 1. The van der Waals surface area contributed by atoms with E-state index in [1.54, 1.807) is 71.6 Å². The Morgan fingerprint density at radius 3 is 2.15 bits per heavy atom. The Labute approximate surface area is 352 Å². The fraction of sp³-hybridized carbons (Fsp3) is 0.244. The van der Waals surface area contributed by atoms with Crippen molar-refractivity contribution in [2.24, 2.45) is 5.73 Å². The van der Waals surface area contributed by atoms with E-state index in [2.05, 4.69) is 5.32 Å². The van der Waals surface area contributed by atoms with Crippen molar-refractivity contribution in [1.29, 1.82) is 5.41 Å². The number of nitrogens with two attached hydrogens (primary N) is 1. The fourth-order valence-electron chi connectivity index (χ4n) is 7.36. The molecule has 316 valence electrons. The lowest BCUT2D eigenvalue weighted by molar-refractivity contribution is -0.148. The van der Waals surface area contributed by atoms with Gasteiger partial charge in [0.25, 0.3) is 10.0 Å². The number of carbonyl (C=O) groups is 5. The average molecular weight is 848 g/mol. The summed E-state index contributed by atoms with van der Waals surface area (Å²) in [5.74, 6) is -3.63. The zero-order valence-electron chi connectivity index (χ0n) is 33.6. The van der Waals surface area contributed by atoms with Gasteiger partial charge in [-0.2, -0.15) is 0 Å². The number of esters is 2. The van der Waals surface area contributed by atoms with E-state index in [1.165, 1.54) is 18.2 Å². The van der Waals surface area contributed by atoms with E-state index in [9.17, 15) is 24.0 Å². The lowest BCUT2D eigenvalue weighted by Gasteiger charge is -2.41. The van der Waals surface area contributed by atoms with E-state index in [0.29, 0.717) is 53.4 Å². The number of hydrogen-bond donors (Lipinski definition) is 3.